The van der Waals surface area contributed by atoms with Gasteiger partial charge in [0.05, 0.1) is 0 Å². The van der Waals surface area contributed by atoms with Crippen molar-refractivity contribution in [1.29, 1.82) is 0 Å². The number of hydrogen-bond donors (Lipinski definition) is 0. The highest BCUT2D eigenvalue weighted by molar-refractivity contribution is 5.84. The second kappa shape index (κ2) is 1.96. The van der Waals surface area contributed by atoms with E-state index in [-0.39, 0.29) is 5.97 Å². The van der Waals surface area contributed by atoms with Gasteiger partial charge in [0, 0.05) is 13.2 Å². The molecule has 0 aromatic carbocycles. The molecule has 0 aromatic heterocycles. The summed E-state index contributed by atoms with van der Waals surface area (Å²) in [5.41, 5.74) is 0. The van der Waals surface area contributed by atoms with E-state index in [9.17, 15) is 4.79 Å². The van der Waals surface area contributed by atoms with Crippen LogP contribution in [-0.4, -0.2) is 19.4 Å². The Labute approximate surface area is 46.9 Å². The molecule has 1 aliphatic rings. The number of rotatable bonds is 1. The third-order valence-electron chi connectivity index (χ3n) is 0.854. The zero-order valence-corrected chi connectivity index (χ0v) is 4.46. The summed E-state index contributed by atoms with van der Waals surface area (Å²) in [5.74, 6) is -0.336. The molecular weight excluding hydrogens is 108 g/mol. The first-order valence-corrected chi connectivity index (χ1v) is 2.24. The minimum Gasteiger partial charge on any atom is -0.429 e. The topological polar surface area (TPSA) is 35.5 Å². The largest absolute Gasteiger partial charge is 0.429 e. The first kappa shape index (κ1) is 5.31. The summed E-state index contributed by atoms with van der Waals surface area (Å²) >= 11 is 0. The van der Waals surface area contributed by atoms with Crippen LogP contribution in [0.3, 0.4) is 0 Å². The van der Waals surface area contributed by atoms with Crippen molar-refractivity contribution in [1.82, 2.24) is 0 Å². The van der Waals surface area contributed by atoms with E-state index in [4.69, 9.17) is 0 Å². The molecule has 0 aromatic rings. The third kappa shape index (κ3) is 0.869. The first-order chi connectivity index (χ1) is 3.83. The van der Waals surface area contributed by atoms with Gasteiger partial charge in [-0.2, -0.15) is 0 Å². The Morgan fingerprint density at radius 1 is 1.88 bits per heavy atom. The van der Waals surface area contributed by atoms with Crippen LogP contribution in [0.5, 0.6) is 0 Å². The monoisotopic (exact) mass is 114 g/mol. The SMILES string of the molecule is CO[C@@H]1C=CC(=O)O1. The average molecular weight is 114 g/mol. The van der Waals surface area contributed by atoms with Gasteiger partial charge in [0.15, 0.2) is 0 Å². The Balaban J connectivity index is 2.46. The van der Waals surface area contributed by atoms with Gasteiger partial charge in [-0.15, -0.1) is 0 Å². The predicted molar refractivity (Wildman–Crippen MR) is 26.0 cm³/mol. The minimum atomic E-state index is -0.456. The van der Waals surface area contributed by atoms with E-state index >= 15 is 0 Å². The standard InChI is InChI=1S/C5H6O3/c1-7-5-3-2-4(6)8-5/h2-3,5H,1H3/t5-/m0/s1. The summed E-state index contributed by atoms with van der Waals surface area (Å²) in [7, 11) is 1.48. The second-order valence-corrected chi connectivity index (χ2v) is 1.40. The molecule has 0 saturated heterocycles. The van der Waals surface area contributed by atoms with Crippen molar-refractivity contribution in [2.45, 2.75) is 6.29 Å². The predicted octanol–water partition coefficient (Wildman–Crippen LogP) is 0.0719. The van der Waals surface area contributed by atoms with Crippen molar-refractivity contribution < 1.29 is 14.3 Å². The van der Waals surface area contributed by atoms with Gasteiger partial charge in [0.1, 0.15) is 0 Å². The van der Waals surface area contributed by atoms with E-state index in [0.29, 0.717) is 0 Å². The molecule has 1 heterocycles. The molecule has 0 unspecified atom stereocenters. The zero-order chi connectivity index (χ0) is 5.98. The molecule has 0 N–H and O–H groups in total. The van der Waals surface area contributed by atoms with Crippen molar-refractivity contribution in [3.8, 4) is 0 Å². The quantitative estimate of drug-likeness (QED) is 0.452. The first-order valence-electron chi connectivity index (χ1n) is 2.24. The molecule has 0 aliphatic carbocycles. The number of esters is 1. The summed E-state index contributed by atoms with van der Waals surface area (Å²) in [4.78, 5) is 10.2. The Kier molecular flexibility index (Phi) is 1.30. The molecule has 3 nitrogen and oxygen atoms in total. The lowest BCUT2D eigenvalue weighted by Crippen LogP contribution is -2.08. The van der Waals surface area contributed by atoms with Crippen LogP contribution < -0.4 is 0 Å². The summed E-state index contributed by atoms with van der Waals surface area (Å²) in [6, 6.07) is 0. The van der Waals surface area contributed by atoms with Crippen molar-refractivity contribution in [3.63, 3.8) is 0 Å². The number of cyclic esters (lactones) is 1. The van der Waals surface area contributed by atoms with Gasteiger partial charge in [-0.25, -0.2) is 4.79 Å². The van der Waals surface area contributed by atoms with Crippen LogP contribution in [0.1, 0.15) is 0 Å². The average Bonchev–Trinajstić information content (AvgIpc) is 2.14. The Hall–Kier alpha value is -0.830. The van der Waals surface area contributed by atoms with Gasteiger partial charge >= 0.3 is 5.97 Å². The maximum atomic E-state index is 10.2. The number of ether oxygens (including phenoxy) is 2. The van der Waals surface area contributed by atoms with Gasteiger partial charge < -0.3 is 9.47 Å². The Morgan fingerprint density at radius 3 is 2.88 bits per heavy atom. The van der Waals surface area contributed by atoms with E-state index in [0.717, 1.165) is 0 Å². The molecule has 0 spiro atoms. The summed E-state index contributed by atoms with van der Waals surface area (Å²) in [6.07, 6.45) is 2.44. The number of carbonyl (C=O) groups is 1. The normalized spacial score (nSPS) is 26.1. The van der Waals surface area contributed by atoms with Crippen molar-refractivity contribution in [2.75, 3.05) is 7.11 Å². The van der Waals surface area contributed by atoms with Gasteiger partial charge in [0.2, 0.25) is 6.29 Å². The second-order valence-electron chi connectivity index (χ2n) is 1.40. The molecule has 0 bridgehead atoms. The lowest BCUT2D eigenvalue weighted by atomic mass is 10.5. The number of carbonyl (C=O) groups excluding carboxylic acids is 1. The lowest BCUT2D eigenvalue weighted by molar-refractivity contribution is -0.154. The van der Waals surface area contributed by atoms with Crippen molar-refractivity contribution in [3.05, 3.63) is 12.2 Å². The molecule has 8 heavy (non-hydrogen) atoms. The maximum absolute atomic E-state index is 10.2. The molecule has 0 radical (unpaired) electrons. The highest BCUT2D eigenvalue weighted by Crippen LogP contribution is 2.03. The number of hydrogen-bond acceptors (Lipinski definition) is 3. The van der Waals surface area contributed by atoms with E-state index in [1.165, 1.54) is 13.2 Å². The molecular formula is C5H6O3. The maximum Gasteiger partial charge on any atom is 0.333 e. The third-order valence-corrected chi connectivity index (χ3v) is 0.854. The molecule has 1 rings (SSSR count). The van der Waals surface area contributed by atoms with Crippen LogP contribution in [0.2, 0.25) is 0 Å². The molecule has 44 valence electrons. The molecule has 0 fully saturated rings. The van der Waals surface area contributed by atoms with Gasteiger partial charge in [-0.05, 0) is 6.08 Å². The Morgan fingerprint density at radius 2 is 2.62 bits per heavy atom. The van der Waals surface area contributed by atoms with E-state index in [1.54, 1.807) is 6.08 Å². The lowest BCUT2D eigenvalue weighted by Gasteiger charge is -2.02. The molecule has 0 amide bonds. The van der Waals surface area contributed by atoms with Crippen LogP contribution in [0.15, 0.2) is 12.2 Å². The highest BCUT2D eigenvalue weighted by atomic mass is 16.7. The fourth-order valence-corrected chi connectivity index (χ4v) is 0.477. The Bertz CT molecular complexity index is 128. The van der Waals surface area contributed by atoms with Crippen LogP contribution in [0.25, 0.3) is 0 Å². The van der Waals surface area contributed by atoms with Crippen LogP contribution in [0, 0.1) is 0 Å². The molecule has 1 aliphatic heterocycles. The van der Waals surface area contributed by atoms with Gasteiger partial charge in [-0.1, -0.05) is 0 Å². The van der Waals surface area contributed by atoms with Crippen molar-refractivity contribution >= 4 is 5.97 Å². The smallest absolute Gasteiger partial charge is 0.333 e. The van der Waals surface area contributed by atoms with Crippen LogP contribution in [0.4, 0.5) is 0 Å². The van der Waals surface area contributed by atoms with E-state index in [1.807, 2.05) is 0 Å². The van der Waals surface area contributed by atoms with Crippen LogP contribution >= 0.6 is 0 Å². The summed E-state index contributed by atoms with van der Waals surface area (Å²) in [6.45, 7) is 0. The molecule has 1 atom stereocenters. The number of methoxy groups -OCH3 is 1. The van der Waals surface area contributed by atoms with E-state index in [2.05, 4.69) is 9.47 Å². The molecule has 0 saturated carbocycles. The van der Waals surface area contributed by atoms with Gasteiger partial charge in [-0.3, -0.25) is 0 Å². The van der Waals surface area contributed by atoms with Gasteiger partial charge in [0.25, 0.3) is 0 Å². The fourth-order valence-electron chi connectivity index (χ4n) is 0.477. The zero-order valence-electron chi connectivity index (χ0n) is 4.46. The van der Waals surface area contributed by atoms with E-state index < -0.39 is 6.29 Å². The highest BCUT2D eigenvalue weighted by Gasteiger charge is 2.13. The summed E-state index contributed by atoms with van der Waals surface area (Å²) in [5, 5.41) is 0. The fraction of sp³-hybridized carbons (Fsp3) is 0.400. The minimum absolute atomic E-state index is 0.336. The van der Waals surface area contributed by atoms with Crippen molar-refractivity contribution in [2.24, 2.45) is 0 Å². The molecule has 3 heteroatoms. The van der Waals surface area contributed by atoms with Crippen LogP contribution in [-0.2, 0) is 14.3 Å². The summed E-state index contributed by atoms with van der Waals surface area (Å²) < 4.78 is 9.19.